The molecule has 0 heterocycles. The second-order valence-corrected chi connectivity index (χ2v) is 4.44. The number of terminal acetylenes is 1. The molecule has 0 aromatic heterocycles. The summed E-state index contributed by atoms with van der Waals surface area (Å²) in [6, 6.07) is 6.55. The van der Waals surface area contributed by atoms with Gasteiger partial charge in [-0.1, -0.05) is 12.8 Å². The number of nitrogens with zero attached hydrogens (tertiary/aromatic N) is 1. The Bertz CT molecular complexity index is 516. The fraction of sp³-hybridized carbons (Fsp3) is 0.333. The van der Waals surface area contributed by atoms with Crippen LogP contribution in [-0.4, -0.2) is 42.1 Å². The van der Waals surface area contributed by atoms with Gasteiger partial charge in [-0.25, -0.2) is 0 Å². The second-order valence-electron chi connectivity index (χ2n) is 4.44. The predicted molar refractivity (Wildman–Crippen MR) is 74.5 cm³/mol. The van der Waals surface area contributed by atoms with Crippen LogP contribution in [0.4, 0.5) is 0 Å². The Morgan fingerprint density at radius 1 is 1.40 bits per heavy atom. The monoisotopic (exact) mass is 275 g/mol. The molecular weight excluding hydrogens is 258 g/mol. The summed E-state index contributed by atoms with van der Waals surface area (Å²) in [5, 5.41) is 8.83. The Hall–Kier alpha value is -2.48. The lowest BCUT2D eigenvalue weighted by Crippen LogP contribution is -2.33. The quantitative estimate of drug-likeness (QED) is 0.799. The topological polar surface area (TPSA) is 66.8 Å². The van der Waals surface area contributed by atoms with E-state index in [4.69, 9.17) is 16.3 Å². The number of hydrogen-bond donors (Lipinski definition) is 1. The van der Waals surface area contributed by atoms with E-state index in [1.54, 1.807) is 38.2 Å². The maximum Gasteiger partial charge on any atom is 0.308 e. The van der Waals surface area contributed by atoms with Crippen LogP contribution in [-0.2, 0) is 4.79 Å². The summed E-state index contributed by atoms with van der Waals surface area (Å²) in [5.74, 6) is 1.16. The summed E-state index contributed by atoms with van der Waals surface area (Å²) in [7, 11) is 1.57. The number of aliphatic carboxylic acids is 1. The van der Waals surface area contributed by atoms with Crippen molar-refractivity contribution in [3.63, 3.8) is 0 Å². The van der Waals surface area contributed by atoms with Gasteiger partial charge in [0.05, 0.1) is 5.92 Å². The number of carboxylic acid groups (broad SMARTS) is 1. The molecule has 20 heavy (non-hydrogen) atoms. The molecule has 5 heteroatoms. The number of rotatable bonds is 6. The van der Waals surface area contributed by atoms with E-state index in [1.807, 2.05) is 0 Å². The molecule has 0 fully saturated rings. The second kappa shape index (κ2) is 7.19. The molecule has 0 aliphatic heterocycles. The Morgan fingerprint density at radius 2 is 2.00 bits per heavy atom. The molecule has 0 saturated carbocycles. The number of carbonyl (C=O) groups excluding carboxylic acids is 1. The van der Waals surface area contributed by atoms with Crippen LogP contribution >= 0.6 is 0 Å². The van der Waals surface area contributed by atoms with Gasteiger partial charge < -0.3 is 14.7 Å². The van der Waals surface area contributed by atoms with Gasteiger partial charge in [0.2, 0.25) is 0 Å². The minimum atomic E-state index is -0.928. The molecule has 1 aromatic rings. The standard InChI is InChI=1S/C15H17NO4/c1-4-9-20-13-7-5-12(6-8-13)14(17)16(3)10-11(2)15(18)19/h1,5-8,11H,9-10H2,2-3H3,(H,18,19). The SMILES string of the molecule is C#CCOc1ccc(C(=O)N(C)CC(C)C(=O)O)cc1. The summed E-state index contributed by atoms with van der Waals surface area (Å²) >= 11 is 0. The third-order valence-corrected chi connectivity index (χ3v) is 2.74. The summed E-state index contributed by atoms with van der Waals surface area (Å²) < 4.78 is 5.21. The predicted octanol–water partition coefficient (Wildman–Crippen LogP) is 1.49. The Labute approximate surface area is 118 Å². The highest BCUT2D eigenvalue weighted by molar-refractivity contribution is 5.94. The van der Waals surface area contributed by atoms with Gasteiger partial charge in [0, 0.05) is 19.2 Å². The smallest absolute Gasteiger partial charge is 0.308 e. The molecule has 1 unspecified atom stereocenters. The van der Waals surface area contributed by atoms with E-state index < -0.39 is 11.9 Å². The van der Waals surface area contributed by atoms with E-state index in [-0.39, 0.29) is 19.1 Å². The van der Waals surface area contributed by atoms with Crippen LogP contribution < -0.4 is 4.74 Å². The third-order valence-electron chi connectivity index (χ3n) is 2.74. The van der Waals surface area contributed by atoms with E-state index in [0.717, 1.165) is 0 Å². The van der Waals surface area contributed by atoms with E-state index in [2.05, 4.69) is 5.92 Å². The fourth-order valence-corrected chi connectivity index (χ4v) is 1.61. The molecule has 1 rings (SSSR count). The normalized spacial score (nSPS) is 11.2. The molecule has 0 saturated heterocycles. The van der Waals surface area contributed by atoms with Gasteiger partial charge in [-0.3, -0.25) is 9.59 Å². The van der Waals surface area contributed by atoms with Crippen LogP contribution in [0.15, 0.2) is 24.3 Å². The maximum atomic E-state index is 12.1. The highest BCUT2D eigenvalue weighted by Crippen LogP contribution is 2.14. The van der Waals surface area contributed by atoms with E-state index in [1.165, 1.54) is 4.90 Å². The zero-order valence-electron chi connectivity index (χ0n) is 11.5. The summed E-state index contributed by atoms with van der Waals surface area (Å²) in [6.07, 6.45) is 5.08. The molecule has 1 atom stereocenters. The molecule has 1 N–H and O–H groups in total. The number of carboxylic acids is 1. The average molecular weight is 275 g/mol. The largest absolute Gasteiger partial charge is 0.481 e. The first-order chi connectivity index (χ1) is 9.45. The molecule has 5 nitrogen and oxygen atoms in total. The van der Waals surface area contributed by atoms with Crippen LogP contribution in [0, 0.1) is 18.3 Å². The van der Waals surface area contributed by atoms with Crippen LogP contribution in [0.3, 0.4) is 0 Å². The van der Waals surface area contributed by atoms with Gasteiger partial charge in [-0.15, -0.1) is 6.42 Å². The van der Waals surface area contributed by atoms with Crippen molar-refractivity contribution in [3.05, 3.63) is 29.8 Å². The Morgan fingerprint density at radius 3 is 2.50 bits per heavy atom. The Balaban J connectivity index is 2.67. The van der Waals surface area contributed by atoms with E-state index in [0.29, 0.717) is 11.3 Å². The minimum absolute atomic E-state index is 0.156. The van der Waals surface area contributed by atoms with Crippen LogP contribution in [0.25, 0.3) is 0 Å². The third kappa shape index (κ3) is 4.32. The molecule has 0 spiro atoms. The van der Waals surface area contributed by atoms with Gasteiger partial charge in [-0.05, 0) is 24.3 Å². The molecule has 1 aromatic carbocycles. The highest BCUT2D eigenvalue weighted by Gasteiger charge is 2.18. The number of carbonyl (C=O) groups is 2. The number of amides is 1. The van der Waals surface area contributed by atoms with Crippen LogP contribution in [0.5, 0.6) is 5.75 Å². The summed E-state index contributed by atoms with van der Waals surface area (Å²) in [4.78, 5) is 24.2. The van der Waals surface area contributed by atoms with Crippen molar-refractivity contribution in [2.75, 3.05) is 20.2 Å². The lowest BCUT2D eigenvalue weighted by Gasteiger charge is -2.19. The highest BCUT2D eigenvalue weighted by atomic mass is 16.5. The van der Waals surface area contributed by atoms with Crippen molar-refractivity contribution in [2.24, 2.45) is 5.92 Å². The minimum Gasteiger partial charge on any atom is -0.481 e. The molecule has 0 bridgehead atoms. The van der Waals surface area contributed by atoms with Gasteiger partial charge in [-0.2, -0.15) is 0 Å². The van der Waals surface area contributed by atoms with Gasteiger partial charge in [0.1, 0.15) is 12.4 Å². The summed E-state index contributed by atoms with van der Waals surface area (Å²) in [5.41, 5.74) is 0.471. The summed E-state index contributed by atoms with van der Waals surface area (Å²) in [6.45, 7) is 1.88. The zero-order valence-corrected chi connectivity index (χ0v) is 11.5. The lowest BCUT2D eigenvalue weighted by atomic mass is 10.1. The van der Waals surface area contributed by atoms with Crippen molar-refractivity contribution in [3.8, 4) is 18.1 Å². The molecular formula is C15H17NO4. The van der Waals surface area contributed by atoms with Crippen molar-refractivity contribution < 1.29 is 19.4 Å². The first-order valence-corrected chi connectivity index (χ1v) is 6.10. The molecule has 106 valence electrons. The molecule has 0 radical (unpaired) electrons. The van der Waals surface area contributed by atoms with Crippen molar-refractivity contribution >= 4 is 11.9 Å². The number of ether oxygens (including phenoxy) is 1. The van der Waals surface area contributed by atoms with E-state index >= 15 is 0 Å². The van der Waals surface area contributed by atoms with Crippen molar-refractivity contribution in [1.29, 1.82) is 0 Å². The van der Waals surface area contributed by atoms with Crippen molar-refractivity contribution in [2.45, 2.75) is 6.92 Å². The first-order valence-electron chi connectivity index (χ1n) is 6.10. The van der Waals surface area contributed by atoms with Crippen molar-refractivity contribution in [1.82, 2.24) is 4.90 Å². The van der Waals surface area contributed by atoms with Gasteiger partial charge in [0.15, 0.2) is 0 Å². The van der Waals surface area contributed by atoms with Gasteiger partial charge >= 0.3 is 5.97 Å². The number of hydrogen-bond acceptors (Lipinski definition) is 3. The van der Waals surface area contributed by atoms with E-state index in [9.17, 15) is 9.59 Å². The first kappa shape index (κ1) is 15.6. The molecule has 0 aliphatic rings. The maximum absolute atomic E-state index is 12.1. The van der Waals surface area contributed by atoms with Crippen LogP contribution in [0.2, 0.25) is 0 Å². The fourth-order valence-electron chi connectivity index (χ4n) is 1.61. The molecule has 0 aliphatic carbocycles. The molecule has 1 amide bonds. The van der Waals surface area contributed by atoms with Crippen LogP contribution in [0.1, 0.15) is 17.3 Å². The lowest BCUT2D eigenvalue weighted by molar-refractivity contribution is -0.141. The average Bonchev–Trinajstić information content (AvgIpc) is 2.44. The zero-order chi connectivity index (χ0) is 15.1. The van der Waals surface area contributed by atoms with Gasteiger partial charge in [0.25, 0.3) is 5.91 Å². The Kier molecular flexibility index (Phi) is 5.60. The number of benzene rings is 1.